The van der Waals surface area contributed by atoms with Crippen molar-refractivity contribution < 1.29 is 19.4 Å². The smallest absolute Gasteiger partial charge is 0.346 e. The van der Waals surface area contributed by atoms with Crippen LogP contribution in [0.25, 0.3) is 0 Å². The number of thiophene rings is 1. The van der Waals surface area contributed by atoms with Crippen LogP contribution >= 0.6 is 11.3 Å². The van der Waals surface area contributed by atoms with Crippen molar-refractivity contribution in [2.75, 3.05) is 13.2 Å². The van der Waals surface area contributed by atoms with Gasteiger partial charge in [-0.1, -0.05) is 0 Å². The van der Waals surface area contributed by atoms with Crippen LogP contribution < -0.4 is 0 Å². The maximum absolute atomic E-state index is 10.9. The minimum Gasteiger partial charge on any atom is -0.477 e. The molecule has 0 bridgehead atoms. The number of carboxylic acids is 1. The summed E-state index contributed by atoms with van der Waals surface area (Å²) in [6, 6.07) is 1.80. The fraction of sp³-hybridized carbons (Fsp3) is 0.583. The second-order valence-corrected chi connectivity index (χ2v) is 5.00. The van der Waals surface area contributed by atoms with Gasteiger partial charge in [0.2, 0.25) is 0 Å². The van der Waals surface area contributed by atoms with Crippen molar-refractivity contribution in [3.8, 4) is 0 Å². The third-order valence-electron chi connectivity index (χ3n) is 2.78. The summed E-state index contributed by atoms with van der Waals surface area (Å²) in [6.45, 7) is 1.72. The van der Waals surface area contributed by atoms with Crippen molar-refractivity contribution in [3.05, 3.63) is 21.9 Å². The van der Waals surface area contributed by atoms with Gasteiger partial charge < -0.3 is 14.6 Å². The summed E-state index contributed by atoms with van der Waals surface area (Å²) in [5.41, 5.74) is 0.748. The van der Waals surface area contributed by atoms with Crippen molar-refractivity contribution in [2.45, 2.75) is 32.0 Å². The van der Waals surface area contributed by atoms with E-state index in [2.05, 4.69) is 0 Å². The minimum atomic E-state index is -0.882. The Labute approximate surface area is 104 Å². The Bertz CT molecular complexity index is 368. The van der Waals surface area contributed by atoms with Crippen molar-refractivity contribution in [2.24, 2.45) is 0 Å². The highest BCUT2D eigenvalue weighted by Crippen LogP contribution is 2.18. The SMILES string of the molecule is O=C(O)c1sccc1COCC1CCCCO1. The van der Waals surface area contributed by atoms with E-state index in [0.717, 1.165) is 25.0 Å². The Morgan fingerprint density at radius 1 is 1.59 bits per heavy atom. The number of carbonyl (C=O) groups is 1. The predicted molar refractivity (Wildman–Crippen MR) is 64.5 cm³/mol. The summed E-state index contributed by atoms with van der Waals surface area (Å²) in [6.07, 6.45) is 3.53. The first-order chi connectivity index (χ1) is 8.27. The quantitative estimate of drug-likeness (QED) is 0.879. The van der Waals surface area contributed by atoms with Crippen LogP contribution in [0.2, 0.25) is 0 Å². The molecule has 1 atom stereocenters. The molecular formula is C12H16O4S. The molecule has 1 unspecified atom stereocenters. The molecule has 1 N–H and O–H groups in total. The van der Waals surface area contributed by atoms with E-state index in [1.807, 2.05) is 0 Å². The molecule has 0 aliphatic carbocycles. The standard InChI is InChI=1S/C12H16O4S/c13-12(14)11-9(4-6-17-11)7-15-8-10-3-1-2-5-16-10/h4,6,10H,1-3,5,7-8H2,(H,13,14). The van der Waals surface area contributed by atoms with Gasteiger partial charge in [0, 0.05) is 12.2 Å². The van der Waals surface area contributed by atoms with E-state index >= 15 is 0 Å². The summed E-state index contributed by atoms with van der Waals surface area (Å²) in [5.74, 6) is -0.882. The number of carboxylic acid groups (broad SMARTS) is 1. The van der Waals surface area contributed by atoms with E-state index in [1.54, 1.807) is 11.4 Å². The monoisotopic (exact) mass is 256 g/mol. The maximum atomic E-state index is 10.9. The first-order valence-electron chi connectivity index (χ1n) is 5.76. The van der Waals surface area contributed by atoms with Crippen LogP contribution in [0.1, 0.15) is 34.5 Å². The Hall–Kier alpha value is -0.910. The molecule has 2 heterocycles. The topological polar surface area (TPSA) is 55.8 Å². The van der Waals surface area contributed by atoms with Crippen LogP contribution in [0.3, 0.4) is 0 Å². The lowest BCUT2D eigenvalue weighted by atomic mass is 10.1. The molecule has 0 spiro atoms. The van der Waals surface area contributed by atoms with Crippen molar-refractivity contribution >= 4 is 17.3 Å². The molecule has 0 radical (unpaired) electrons. The summed E-state index contributed by atoms with van der Waals surface area (Å²) in [7, 11) is 0. The van der Waals surface area contributed by atoms with Gasteiger partial charge in [0.25, 0.3) is 0 Å². The molecule has 0 saturated carbocycles. The predicted octanol–water partition coefficient (Wildman–Crippen LogP) is 2.53. The molecule has 1 aliphatic rings. The molecule has 1 fully saturated rings. The molecular weight excluding hydrogens is 240 g/mol. The van der Waals surface area contributed by atoms with E-state index in [0.29, 0.717) is 18.1 Å². The van der Waals surface area contributed by atoms with E-state index in [9.17, 15) is 4.79 Å². The molecule has 0 aromatic carbocycles. The van der Waals surface area contributed by atoms with Crippen LogP contribution in [0.4, 0.5) is 0 Å². The zero-order valence-electron chi connectivity index (χ0n) is 9.55. The van der Waals surface area contributed by atoms with E-state index in [-0.39, 0.29) is 6.10 Å². The number of aromatic carboxylic acids is 1. The third-order valence-corrected chi connectivity index (χ3v) is 3.72. The molecule has 0 amide bonds. The number of ether oxygens (including phenoxy) is 2. The highest BCUT2D eigenvalue weighted by molar-refractivity contribution is 7.12. The molecule has 1 aromatic rings. The Kier molecular flexibility index (Phi) is 4.53. The van der Waals surface area contributed by atoms with Crippen LogP contribution in [-0.2, 0) is 16.1 Å². The van der Waals surface area contributed by atoms with Gasteiger partial charge >= 0.3 is 5.97 Å². The van der Waals surface area contributed by atoms with Crippen LogP contribution in [0, 0.1) is 0 Å². The van der Waals surface area contributed by atoms with Gasteiger partial charge in [0.1, 0.15) is 4.88 Å². The zero-order chi connectivity index (χ0) is 12.1. The van der Waals surface area contributed by atoms with E-state index in [4.69, 9.17) is 14.6 Å². The highest BCUT2D eigenvalue weighted by Gasteiger charge is 2.15. The molecule has 1 saturated heterocycles. The van der Waals surface area contributed by atoms with Crippen molar-refractivity contribution in [1.29, 1.82) is 0 Å². The third kappa shape index (κ3) is 3.52. The van der Waals surface area contributed by atoms with Gasteiger partial charge in [-0.15, -0.1) is 11.3 Å². The zero-order valence-corrected chi connectivity index (χ0v) is 10.4. The summed E-state index contributed by atoms with van der Waals surface area (Å²) < 4.78 is 11.1. The summed E-state index contributed by atoms with van der Waals surface area (Å²) >= 11 is 1.23. The van der Waals surface area contributed by atoms with Gasteiger partial charge in [-0.2, -0.15) is 0 Å². The molecule has 4 nitrogen and oxygen atoms in total. The first kappa shape index (κ1) is 12.5. The largest absolute Gasteiger partial charge is 0.477 e. The Morgan fingerprint density at radius 2 is 2.47 bits per heavy atom. The van der Waals surface area contributed by atoms with Gasteiger partial charge in [-0.05, 0) is 30.7 Å². The highest BCUT2D eigenvalue weighted by atomic mass is 32.1. The van der Waals surface area contributed by atoms with Gasteiger partial charge in [-0.3, -0.25) is 0 Å². The molecule has 1 aromatic heterocycles. The Balaban J connectivity index is 1.77. The fourth-order valence-corrected chi connectivity index (χ4v) is 2.62. The van der Waals surface area contributed by atoms with Crippen molar-refractivity contribution in [3.63, 3.8) is 0 Å². The molecule has 5 heteroatoms. The summed E-state index contributed by atoms with van der Waals surface area (Å²) in [4.78, 5) is 11.2. The second kappa shape index (κ2) is 6.14. The first-order valence-corrected chi connectivity index (χ1v) is 6.64. The van der Waals surface area contributed by atoms with Crippen LogP contribution in [-0.4, -0.2) is 30.4 Å². The molecule has 17 heavy (non-hydrogen) atoms. The van der Waals surface area contributed by atoms with Crippen LogP contribution in [0.15, 0.2) is 11.4 Å². The Morgan fingerprint density at radius 3 is 3.18 bits per heavy atom. The average Bonchev–Trinajstić information content (AvgIpc) is 2.79. The maximum Gasteiger partial charge on any atom is 0.346 e. The number of hydrogen-bond donors (Lipinski definition) is 1. The second-order valence-electron chi connectivity index (χ2n) is 4.08. The lowest BCUT2D eigenvalue weighted by molar-refractivity contribution is -0.0447. The van der Waals surface area contributed by atoms with Crippen LogP contribution in [0.5, 0.6) is 0 Å². The van der Waals surface area contributed by atoms with Gasteiger partial charge in [-0.25, -0.2) is 4.79 Å². The molecule has 94 valence electrons. The van der Waals surface area contributed by atoms with Crippen molar-refractivity contribution in [1.82, 2.24) is 0 Å². The van der Waals surface area contributed by atoms with Gasteiger partial charge in [0.05, 0.1) is 19.3 Å². The summed E-state index contributed by atoms with van der Waals surface area (Å²) in [5, 5.41) is 10.7. The van der Waals surface area contributed by atoms with E-state index < -0.39 is 5.97 Å². The average molecular weight is 256 g/mol. The number of hydrogen-bond acceptors (Lipinski definition) is 4. The fourth-order valence-electron chi connectivity index (χ4n) is 1.88. The lowest BCUT2D eigenvalue weighted by Gasteiger charge is -2.22. The number of rotatable bonds is 5. The van der Waals surface area contributed by atoms with Gasteiger partial charge in [0.15, 0.2) is 0 Å². The van der Waals surface area contributed by atoms with E-state index in [1.165, 1.54) is 17.8 Å². The minimum absolute atomic E-state index is 0.177. The molecule has 1 aliphatic heterocycles. The molecule has 2 rings (SSSR count). The lowest BCUT2D eigenvalue weighted by Crippen LogP contribution is -2.24. The normalized spacial score (nSPS) is 20.4.